The summed E-state index contributed by atoms with van der Waals surface area (Å²) in [5.41, 5.74) is 3.69. The van der Waals surface area contributed by atoms with Gasteiger partial charge >= 0.3 is 0 Å². The number of ether oxygens (including phenoxy) is 2. The largest absolute Gasteiger partial charge is 0.497 e. The summed E-state index contributed by atoms with van der Waals surface area (Å²) in [6, 6.07) is 19.9. The number of halogens is 1. The fraction of sp³-hybridized carbons (Fsp3) is 0.179. The predicted molar refractivity (Wildman–Crippen MR) is 141 cm³/mol. The Kier molecular flexibility index (Phi) is 6.24. The monoisotopic (exact) mass is 501 g/mol. The van der Waals surface area contributed by atoms with Gasteiger partial charge in [-0.3, -0.25) is 9.59 Å². The molecule has 1 atom stereocenters. The van der Waals surface area contributed by atoms with Crippen molar-refractivity contribution in [2.45, 2.75) is 19.4 Å². The highest BCUT2D eigenvalue weighted by Crippen LogP contribution is 2.41. The van der Waals surface area contributed by atoms with Crippen molar-refractivity contribution in [1.82, 2.24) is 9.99 Å². The molecule has 1 N–H and O–H groups in total. The van der Waals surface area contributed by atoms with Gasteiger partial charge in [0.1, 0.15) is 11.5 Å². The molecule has 1 aromatic heterocycles. The number of pyridine rings is 1. The minimum absolute atomic E-state index is 0.245. The Bertz CT molecular complexity index is 1560. The van der Waals surface area contributed by atoms with Crippen LogP contribution in [0.5, 0.6) is 11.5 Å². The number of aromatic nitrogens is 1. The fourth-order valence-electron chi connectivity index (χ4n) is 4.73. The van der Waals surface area contributed by atoms with Gasteiger partial charge in [0.25, 0.3) is 5.56 Å². The van der Waals surface area contributed by atoms with Crippen LogP contribution < -0.4 is 15.0 Å². The average molecular weight is 502 g/mol. The standard InChI is InChI=1S/C28H24ClN3O4/c1-16(33)32-24(21-14-19(35-2)12-13-25(21)36-3)15-23(31-32)27-26(17-8-10-18(29)11-9-17)20-6-4-5-7-22(20)30-28(27)34/h4-14,24H,15H2,1-3H3,(H,30,34)/t24-/m0/s1. The number of hydrazone groups is 1. The molecule has 0 saturated carbocycles. The quantitative estimate of drug-likeness (QED) is 0.388. The van der Waals surface area contributed by atoms with Crippen LogP contribution >= 0.6 is 11.6 Å². The summed E-state index contributed by atoms with van der Waals surface area (Å²) < 4.78 is 11.0. The van der Waals surface area contributed by atoms with Gasteiger partial charge < -0.3 is 14.5 Å². The molecule has 0 saturated heterocycles. The van der Waals surface area contributed by atoms with Gasteiger partial charge in [0, 0.05) is 40.4 Å². The van der Waals surface area contributed by atoms with Crippen LogP contribution in [0.4, 0.5) is 0 Å². The van der Waals surface area contributed by atoms with E-state index in [1.165, 1.54) is 11.9 Å². The molecule has 0 radical (unpaired) electrons. The van der Waals surface area contributed by atoms with Gasteiger partial charge in [-0.2, -0.15) is 5.10 Å². The van der Waals surface area contributed by atoms with Gasteiger partial charge in [-0.25, -0.2) is 5.01 Å². The molecule has 4 aromatic rings. The summed E-state index contributed by atoms with van der Waals surface area (Å²) in [6.07, 6.45) is 0.325. The number of methoxy groups -OCH3 is 2. The molecule has 5 rings (SSSR count). The molecule has 2 heterocycles. The van der Waals surface area contributed by atoms with Gasteiger partial charge in [-0.15, -0.1) is 0 Å². The summed E-state index contributed by atoms with van der Waals surface area (Å²) in [4.78, 5) is 29.2. The van der Waals surface area contributed by atoms with E-state index in [-0.39, 0.29) is 11.5 Å². The molecule has 0 fully saturated rings. The number of benzene rings is 3. The lowest BCUT2D eigenvalue weighted by atomic mass is 9.91. The molecule has 0 aliphatic carbocycles. The highest BCUT2D eigenvalue weighted by atomic mass is 35.5. The number of carbonyl (C=O) groups excluding carboxylic acids is 1. The van der Waals surface area contributed by atoms with E-state index in [9.17, 15) is 9.59 Å². The number of H-pyrrole nitrogens is 1. The zero-order valence-corrected chi connectivity index (χ0v) is 20.8. The van der Waals surface area contributed by atoms with Gasteiger partial charge in [0.2, 0.25) is 5.91 Å². The summed E-state index contributed by atoms with van der Waals surface area (Å²) in [5.74, 6) is 0.993. The molecule has 1 aliphatic heterocycles. The van der Waals surface area contributed by atoms with Gasteiger partial charge in [0.05, 0.1) is 31.5 Å². The van der Waals surface area contributed by atoms with E-state index in [2.05, 4.69) is 10.1 Å². The summed E-state index contributed by atoms with van der Waals surface area (Å²) in [6.45, 7) is 1.46. The van der Waals surface area contributed by atoms with Gasteiger partial charge in [-0.05, 0) is 42.0 Å². The van der Waals surface area contributed by atoms with Crippen LogP contribution in [0, 0.1) is 0 Å². The molecule has 0 spiro atoms. The van der Waals surface area contributed by atoms with Crippen LogP contribution in [-0.2, 0) is 4.79 Å². The molecule has 8 heteroatoms. The van der Waals surface area contributed by atoms with Gasteiger partial charge in [-0.1, -0.05) is 41.9 Å². The van der Waals surface area contributed by atoms with Crippen LogP contribution in [0.2, 0.25) is 5.02 Å². The normalized spacial score (nSPS) is 15.2. The number of hydrogen-bond donors (Lipinski definition) is 1. The maximum atomic E-state index is 13.5. The van der Waals surface area contributed by atoms with Gasteiger partial charge in [0.15, 0.2) is 0 Å². The molecular weight excluding hydrogens is 478 g/mol. The molecule has 0 unspecified atom stereocenters. The van der Waals surface area contributed by atoms with Crippen LogP contribution in [-0.4, -0.2) is 35.8 Å². The van der Waals surface area contributed by atoms with E-state index >= 15 is 0 Å². The van der Waals surface area contributed by atoms with E-state index in [1.807, 2.05) is 42.5 Å². The zero-order chi connectivity index (χ0) is 25.4. The second kappa shape index (κ2) is 9.51. The lowest BCUT2D eigenvalue weighted by Gasteiger charge is -2.23. The molecular formula is C28H24ClN3O4. The highest BCUT2D eigenvalue weighted by molar-refractivity contribution is 6.30. The van der Waals surface area contributed by atoms with Crippen LogP contribution in [0.15, 0.2) is 76.6 Å². The number of fused-ring (bicyclic) bond motifs is 1. The van der Waals surface area contributed by atoms with Crippen LogP contribution in [0.25, 0.3) is 22.0 Å². The minimum atomic E-state index is -0.466. The molecule has 1 aliphatic rings. The second-order valence-electron chi connectivity index (χ2n) is 8.49. The molecule has 3 aromatic carbocycles. The smallest absolute Gasteiger partial charge is 0.258 e. The van der Waals surface area contributed by atoms with Crippen molar-refractivity contribution in [2.24, 2.45) is 5.10 Å². The van der Waals surface area contributed by atoms with Crippen molar-refractivity contribution in [2.75, 3.05) is 14.2 Å². The van der Waals surface area contributed by atoms with E-state index in [0.29, 0.717) is 39.7 Å². The third kappa shape index (κ3) is 4.12. The number of nitrogens with zero attached hydrogens (tertiary/aromatic N) is 2. The van der Waals surface area contributed by atoms with E-state index < -0.39 is 6.04 Å². The lowest BCUT2D eigenvalue weighted by Crippen LogP contribution is -2.24. The molecule has 1 amide bonds. The van der Waals surface area contributed by atoms with E-state index in [0.717, 1.165) is 22.1 Å². The first-order chi connectivity index (χ1) is 17.4. The first-order valence-electron chi connectivity index (χ1n) is 11.4. The maximum Gasteiger partial charge on any atom is 0.258 e. The number of rotatable bonds is 5. The van der Waals surface area contributed by atoms with Crippen LogP contribution in [0.3, 0.4) is 0 Å². The first-order valence-corrected chi connectivity index (χ1v) is 11.8. The number of carbonyl (C=O) groups is 1. The van der Waals surface area contributed by atoms with Crippen molar-refractivity contribution >= 4 is 34.1 Å². The summed E-state index contributed by atoms with van der Waals surface area (Å²) in [5, 5.41) is 7.55. The van der Waals surface area contributed by atoms with E-state index in [4.69, 9.17) is 21.1 Å². The Balaban J connectivity index is 1.72. The highest BCUT2D eigenvalue weighted by Gasteiger charge is 2.35. The summed E-state index contributed by atoms with van der Waals surface area (Å²) in [7, 11) is 3.16. The SMILES string of the molecule is COc1ccc(OC)c([C@@H]2CC(c3c(-c4ccc(Cl)cc4)c4ccccc4[nH]c3=O)=NN2C(C)=O)c1. The Hall–Kier alpha value is -4.10. The maximum absolute atomic E-state index is 13.5. The topological polar surface area (TPSA) is 84.0 Å². The number of nitrogens with one attached hydrogen (secondary N) is 1. The molecule has 36 heavy (non-hydrogen) atoms. The Labute approximate surface area is 212 Å². The Morgan fingerprint density at radius 3 is 2.47 bits per heavy atom. The second-order valence-corrected chi connectivity index (χ2v) is 8.93. The van der Waals surface area contributed by atoms with Crippen molar-refractivity contribution in [1.29, 1.82) is 0 Å². The molecule has 0 bridgehead atoms. The Morgan fingerprint density at radius 2 is 1.78 bits per heavy atom. The van der Waals surface area contributed by atoms with Crippen molar-refractivity contribution < 1.29 is 14.3 Å². The molecule has 182 valence electrons. The lowest BCUT2D eigenvalue weighted by molar-refractivity contribution is -0.130. The minimum Gasteiger partial charge on any atom is -0.497 e. The number of amides is 1. The van der Waals surface area contributed by atoms with E-state index in [1.54, 1.807) is 38.5 Å². The predicted octanol–water partition coefficient (Wildman–Crippen LogP) is 5.56. The van der Waals surface area contributed by atoms with Crippen molar-refractivity contribution in [3.8, 4) is 22.6 Å². The summed E-state index contributed by atoms with van der Waals surface area (Å²) >= 11 is 6.15. The van der Waals surface area contributed by atoms with Crippen molar-refractivity contribution in [3.63, 3.8) is 0 Å². The first kappa shape index (κ1) is 23.6. The number of para-hydroxylation sites is 1. The third-order valence-corrected chi connectivity index (χ3v) is 6.62. The zero-order valence-electron chi connectivity index (χ0n) is 20.0. The average Bonchev–Trinajstić information content (AvgIpc) is 3.33. The van der Waals surface area contributed by atoms with Crippen LogP contribution in [0.1, 0.15) is 30.5 Å². The van der Waals surface area contributed by atoms with Crippen molar-refractivity contribution in [3.05, 3.63) is 93.2 Å². The number of hydrogen-bond acceptors (Lipinski definition) is 5. The Morgan fingerprint density at radius 1 is 1.03 bits per heavy atom. The number of aromatic amines is 1. The third-order valence-electron chi connectivity index (χ3n) is 6.37. The fourth-order valence-corrected chi connectivity index (χ4v) is 4.85. The molecule has 7 nitrogen and oxygen atoms in total.